The summed E-state index contributed by atoms with van der Waals surface area (Å²) < 4.78 is 14.2. The molecule has 0 fully saturated rings. The van der Waals surface area contributed by atoms with Gasteiger partial charge in [-0.2, -0.15) is 10.2 Å². The number of carbonyl (C=O) groups excluding carboxylic acids is 1. The van der Waals surface area contributed by atoms with Gasteiger partial charge >= 0.3 is 0 Å². The summed E-state index contributed by atoms with van der Waals surface area (Å²) in [4.78, 5) is 18.9. The highest BCUT2D eigenvalue weighted by molar-refractivity contribution is 5.94. The third-order valence-corrected chi connectivity index (χ3v) is 4.70. The highest BCUT2D eigenvalue weighted by Gasteiger charge is 2.29. The molecule has 9 nitrogen and oxygen atoms in total. The first kappa shape index (κ1) is 17.5. The number of carbonyl (C=O) groups is 1. The first-order chi connectivity index (χ1) is 13.2. The van der Waals surface area contributed by atoms with Crippen molar-refractivity contribution in [2.24, 2.45) is 7.05 Å². The van der Waals surface area contributed by atoms with E-state index in [9.17, 15) is 4.79 Å². The lowest BCUT2D eigenvalue weighted by atomic mass is 10.0. The minimum absolute atomic E-state index is 0.0260. The van der Waals surface area contributed by atoms with Crippen LogP contribution in [0.5, 0.6) is 0 Å². The Morgan fingerprint density at radius 1 is 1.41 bits per heavy atom. The number of hydrogen-bond acceptors (Lipinski definition) is 6. The van der Waals surface area contributed by atoms with E-state index in [1.165, 1.54) is 6.39 Å². The smallest absolute Gasteiger partial charge is 0.257 e. The van der Waals surface area contributed by atoms with Crippen LogP contribution in [-0.2, 0) is 31.3 Å². The van der Waals surface area contributed by atoms with Gasteiger partial charge in [0.15, 0.2) is 6.39 Å². The molecular weight excluding hydrogens is 348 g/mol. The minimum Gasteiger partial charge on any atom is -0.451 e. The van der Waals surface area contributed by atoms with Crippen LogP contribution in [0.3, 0.4) is 0 Å². The van der Waals surface area contributed by atoms with Gasteiger partial charge in [-0.15, -0.1) is 0 Å². The van der Waals surface area contributed by atoms with Crippen molar-refractivity contribution in [3.63, 3.8) is 0 Å². The number of amides is 1. The summed E-state index contributed by atoms with van der Waals surface area (Å²) in [6.45, 7) is 5.04. The Bertz CT molecular complexity index is 927. The number of fused-ring (bicyclic) bond motifs is 1. The van der Waals surface area contributed by atoms with Gasteiger partial charge in [0.05, 0.1) is 31.5 Å². The zero-order chi connectivity index (χ0) is 18.8. The molecule has 3 aromatic heterocycles. The molecule has 1 amide bonds. The molecule has 0 aromatic carbocycles. The predicted molar refractivity (Wildman–Crippen MR) is 95.9 cm³/mol. The van der Waals surface area contributed by atoms with E-state index in [1.807, 2.05) is 16.5 Å². The molecule has 9 heteroatoms. The van der Waals surface area contributed by atoms with E-state index in [2.05, 4.69) is 10.1 Å². The highest BCUT2D eigenvalue weighted by atomic mass is 16.5. The molecule has 0 saturated heterocycles. The van der Waals surface area contributed by atoms with E-state index in [0.29, 0.717) is 44.1 Å². The molecule has 4 heterocycles. The van der Waals surface area contributed by atoms with Crippen molar-refractivity contribution in [1.29, 1.82) is 0 Å². The second-order valence-electron chi connectivity index (χ2n) is 6.45. The number of ether oxygens (including phenoxy) is 1. The summed E-state index contributed by atoms with van der Waals surface area (Å²) in [5.74, 6) is -0.0260. The number of rotatable bonds is 6. The van der Waals surface area contributed by atoms with Crippen molar-refractivity contribution in [3.8, 4) is 11.4 Å². The molecule has 0 N–H and O–H groups in total. The van der Waals surface area contributed by atoms with Gasteiger partial charge in [-0.05, 0) is 6.92 Å². The number of hydrogen-bond donors (Lipinski definition) is 0. The van der Waals surface area contributed by atoms with Crippen LogP contribution in [0, 0.1) is 0 Å². The molecule has 27 heavy (non-hydrogen) atoms. The molecule has 0 atom stereocenters. The van der Waals surface area contributed by atoms with Crippen molar-refractivity contribution in [3.05, 3.63) is 41.9 Å². The van der Waals surface area contributed by atoms with E-state index in [4.69, 9.17) is 14.3 Å². The van der Waals surface area contributed by atoms with Crippen LogP contribution in [0.25, 0.3) is 11.4 Å². The lowest BCUT2D eigenvalue weighted by molar-refractivity contribution is 0.0732. The quantitative estimate of drug-likeness (QED) is 0.611. The van der Waals surface area contributed by atoms with Crippen molar-refractivity contribution in [2.75, 3.05) is 19.8 Å². The van der Waals surface area contributed by atoms with Crippen LogP contribution in [0.1, 0.15) is 28.5 Å². The fourth-order valence-corrected chi connectivity index (χ4v) is 3.39. The number of aromatic nitrogens is 5. The zero-order valence-electron chi connectivity index (χ0n) is 15.5. The number of oxazole rings is 1. The molecule has 1 aliphatic rings. The SMILES string of the molecule is CCOCCn1nc(-c2cocn2)c2c1CCN(C(=O)c1cnn(C)c1)C2. The van der Waals surface area contributed by atoms with E-state index in [1.54, 1.807) is 30.4 Å². The van der Waals surface area contributed by atoms with Gasteiger partial charge in [0.25, 0.3) is 5.91 Å². The molecule has 3 aromatic rings. The Balaban J connectivity index is 1.63. The first-order valence-corrected chi connectivity index (χ1v) is 9.00. The topological polar surface area (TPSA) is 91.2 Å². The maximum atomic E-state index is 12.8. The van der Waals surface area contributed by atoms with E-state index < -0.39 is 0 Å². The largest absolute Gasteiger partial charge is 0.451 e. The van der Waals surface area contributed by atoms with Crippen molar-refractivity contribution < 1.29 is 13.9 Å². The maximum absolute atomic E-state index is 12.8. The normalized spacial score (nSPS) is 13.8. The summed E-state index contributed by atoms with van der Waals surface area (Å²) in [5.41, 5.74) is 4.18. The molecule has 0 saturated carbocycles. The van der Waals surface area contributed by atoms with Crippen molar-refractivity contribution >= 4 is 5.91 Å². The minimum atomic E-state index is -0.0260. The Labute approximate surface area is 156 Å². The van der Waals surface area contributed by atoms with E-state index >= 15 is 0 Å². The Kier molecular flexibility index (Phi) is 4.76. The van der Waals surface area contributed by atoms with Crippen molar-refractivity contribution in [2.45, 2.75) is 26.4 Å². The Morgan fingerprint density at radius 3 is 3.00 bits per heavy atom. The second-order valence-corrected chi connectivity index (χ2v) is 6.45. The molecular formula is C18H22N6O3. The van der Waals surface area contributed by atoms with Gasteiger partial charge in [0.1, 0.15) is 17.7 Å². The average Bonchev–Trinajstić information content (AvgIpc) is 3.41. The maximum Gasteiger partial charge on any atom is 0.257 e. The van der Waals surface area contributed by atoms with Gasteiger partial charge in [0, 0.05) is 44.1 Å². The van der Waals surface area contributed by atoms with Crippen LogP contribution < -0.4 is 0 Å². The third kappa shape index (κ3) is 3.37. The third-order valence-electron chi connectivity index (χ3n) is 4.70. The predicted octanol–water partition coefficient (Wildman–Crippen LogP) is 1.51. The number of aryl methyl sites for hydroxylation is 1. The van der Waals surface area contributed by atoms with Crippen molar-refractivity contribution in [1.82, 2.24) is 29.4 Å². The van der Waals surface area contributed by atoms with E-state index in [0.717, 1.165) is 23.4 Å². The first-order valence-electron chi connectivity index (χ1n) is 9.00. The summed E-state index contributed by atoms with van der Waals surface area (Å²) in [6.07, 6.45) is 7.04. The molecule has 4 rings (SSSR count). The summed E-state index contributed by atoms with van der Waals surface area (Å²) in [6, 6.07) is 0. The zero-order valence-corrected chi connectivity index (χ0v) is 15.5. The van der Waals surface area contributed by atoms with Gasteiger partial charge in [-0.1, -0.05) is 0 Å². The van der Waals surface area contributed by atoms with E-state index in [-0.39, 0.29) is 5.91 Å². The van der Waals surface area contributed by atoms with Gasteiger partial charge < -0.3 is 14.1 Å². The van der Waals surface area contributed by atoms with Gasteiger partial charge in [-0.3, -0.25) is 14.2 Å². The monoisotopic (exact) mass is 370 g/mol. The average molecular weight is 370 g/mol. The molecule has 0 spiro atoms. The Hall–Kier alpha value is -2.94. The molecule has 1 aliphatic heterocycles. The fraction of sp³-hybridized carbons (Fsp3) is 0.444. The molecule has 0 radical (unpaired) electrons. The van der Waals surface area contributed by atoms with Crippen LogP contribution >= 0.6 is 0 Å². The fourth-order valence-electron chi connectivity index (χ4n) is 3.39. The molecule has 0 aliphatic carbocycles. The summed E-state index contributed by atoms with van der Waals surface area (Å²) in [5, 5.41) is 8.83. The van der Waals surface area contributed by atoms with Crippen LogP contribution in [0.4, 0.5) is 0 Å². The van der Waals surface area contributed by atoms with Crippen LogP contribution in [0.15, 0.2) is 29.5 Å². The summed E-state index contributed by atoms with van der Waals surface area (Å²) in [7, 11) is 1.80. The standard InChI is InChI=1S/C18H22N6O3/c1-3-26-7-6-24-16-4-5-23(18(25)13-8-20-22(2)9-13)10-14(16)17(21-24)15-11-27-12-19-15/h8-9,11-12H,3-7,10H2,1-2H3. The lowest BCUT2D eigenvalue weighted by Gasteiger charge is -2.27. The van der Waals surface area contributed by atoms with Crippen LogP contribution in [-0.4, -0.2) is 55.1 Å². The van der Waals surface area contributed by atoms with Crippen LogP contribution in [0.2, 0.25) is 0 Å². The lowest BCUT2D eigenvalue weighted by Crippen LogP contribution is -2.36. The Morgan fingerprint density at radius 2 is 2.30 bits per heavy atom. The molecule has 142 valence electrons. The summed E-state index contributed by atoms with van der Waals surface area (Å²) >= 11 is 0. The number of nitrogens with zero attached hydrogens (tertiary/aromatic N) is 6. The van der Waals surface area contributed by atoms with Gasteiger partial charge in [-0.25, -0.2) is 4.98 Å². The second kappa shape index (κ2) is 7.36. The highest BCUT2D eigenvalue weighted by Crippen LogP contribution is 2.30. The van der Waals surface area contributed by atoms with Gasteiger partial charge in [0.2, 0.25) is 0 Å². The molecule has 0 bridgehead atoms. The molecule has 0 unspecified atom stereocenters.